The molecule has 1 N–H and O–H groups in total. The number of amides is 1. The first-order valence-electron chi connectivity index (χ1n) is 9.42. The van der Waals surface area contributed by atoms with Crippen LogP contribution >= 0.6 is 22.6 Å². The van der Waals surface area contributed by atoms with Gasteiger partial charge in [-0.25, -0.2) is 5.43 Å². The maximum Gasteiger partial charge on any atom is 0.282 e. The second-order valence-corrected chi connectivity index (χ2v) is 8.07. The largest absolute Gasteiger partial charge is 0.342 e. The summed E-state index contributed by atoms with van der Waals surface area (Å²) in [7, 11) is 0. The lowest BCUT2D eigenvalue weighted by Gasteiger charge is -2.05. The molecule has 154 valence electrons. The molecule has 0 saturated heterocycles. The lowest BCUT2D eigenvalue weighted by Crippen LogP contribution is -2.18. The van der Waals surface area contributed by atoms with E-state index in [0.717, 1.165) is 16.5 Å². The topological polar surface area (TPSA) is 89.5 Å². The smallest absolute Gasteiger partial charge is 0.282 e. The van der Waals surface area contributed by atoms with Crippen LogP contribution in [0.3, 0.4) is 0 Å². The Labute approximate surface area is 191 Å². The molecule has 4 rings (SSSR count). The molecule has 4 aromatic rings. The van der Waals surface area contributed by atoms with Crippen molar-refractivity contribution in [2.24, 2.45) is 5.10 Å². The molecule has 8 heteroatoms. The maximum atomic E-state index is 12.4. The molecule has 1 amide bonds. The van der Waals surface area contributed by atoms with Gasteiger partial charge in [0.15, 0.2) is 0 Å². The highest BCUT2D eigenvalue weighted by Crippen LogP contribution is 2.22. The first-order chi connectivity index (χ1) is 15.0. The Balaban J connectivity index is 1.57. The molecule has 0 radical (unpaired) electrons. The molecule has 0 unspecified atom stereocenters. The molecule has 0 saturated carbocycles. The number of para-hydroxylation sites is 2. The van der Waals surface area contributed by atoms with Gasteiger partial charge in [-0.2, -0.15) is 5.10 Å². The summed E-state index contributed by atoms with van der Waals surface area (Å²) in [5.41, 5.74) is 5.15. The maximum absolute atomic E-state index is 12.4. The molecule has 0 aliphatic rings. The van der Waals surface area contributed by atoms with Crippen molar-refractivity contribution in [2.45, 2.75) is 6.54 Å². The number of fused-ring (bicyclic) bond motifs is 1. The van der Waals surface area contributed by atoms with Crippen LogP contribution in [0.4, 0.5) is 5.69 Å². The lowest BCUT2D eigenvalue weighted by atomic mass is 10.2. The predicted molar refractivity (Wildman–Crippen MR) is 128 cm³/mol. The first-order valence-corrected chi connectivity index (χ1v) is 10.5. The van der Waals surface area contributed by atoms with Gasteiger partial charge in [-0.1, -0.05) is 42.5 Å². The third kappa shape index (κ3) is 4.64. The normalized spacial score (nSPS) is 11.1. The average Bonchev–Trinajstić information content (AvgIpc) is 3.12. The van der Waals surface area contributed by atoms with Gasteiger partial charge in [0.1, 0.15) is 5.56 Å². The number of aromatic nitrogens is 1. The fraction of sp³-hybridized carbons (Fsp3) is 0.0435. The van der Waals surface area contributed by atoms with Crippen molar-refractivity contribution in [1.82, 2.24) is 9.99 Å². The number of hydrazone groups is 1. The van der Waals surface area contributed by atoms with Crippen LogP contribution in [0.1, 0.15) is 21.5 Å². The number of hydrogen-bond acceptors (Lipinski definition) is 4. The predicted octanol–water partition coefficient (Wildman–Crippen LogP) is 4.97. The number of halogens is 1. The van der Waals surface area contributed by atoms with Crippen LogP contribution in [-0.4, -0.2) is 21.6 Å². The van der Waals surface area contributed by atoms with Gasteiger partial charge in [-0.3, -0.25) is 14.9 Å². The molecule has 0 spiro atoms. The summed E-state index contributed by atoms with van der Waals surface area (Å²) >= 11 is 2.28. The number of carbonyl (C=O) groups excluding carboxylic acids is 1. The molecule has 0 atom stereocenters. The SMILES string of the molecule is O=C(N/N=C\c1cn(Cc2ccc(I)cc2)c2ccccc12)c1ccccc1[N+](=O)[O-]. The summed E-state index contributed by atoms with van der Waals surface area (Å²) in [6, 6.07) is 22.1. The summed E-state index contributed by atoms with van der Waals surface area (Å²) < 4.78 is 3.31. The summed E-state index contributed by atoms with van der Waals surface area (Å²) in [5.74, 6) is -0.633. The molecule has 3 aromatic carbocycles. The van der Waals surface area contributed by atoms with E-state index < -0.39 is 10.8 Å². The Kier molecular flexibility index (Phi) is 6.08. The minimum absolute atomic E-state index is 0.0363. The van der Waals surface area contributed by atoms with Crippen molar-refractivity contribution in [3.05, 3.63) is 109 Å². The Hall–Kier alpha value is -3.53. The molecule has 0 aliphatic carbocycles. The van der Waals surface area contributed by atoms with E-state index in [4.69, 9.17) is 0 Å². The van der Waals surface area contributed by atoms with Crippen LogP contribution < -0.4 is 5.43 Å². The Morgan fingerprint density at radius 3 is 2.55 bits per heavy atom. The summed E-state index contributed by atoms with van der Waals surface area (Å²) in [6.07, 6.45) is 3.53. The summed E-state index contributed by atoms with van der Waals surface area (Å²) in [5, 5.41) is 16.2. The van der Waals surface area contributed by atoms with Gasteiger partial charge in [0.2, 0.25) is 0 Å². The van der Waals surface area contributed by atoms with Gasteiger partial charge in [0.05, 0.1) is 11.1 Å². The van der Waals surface area contributed by atoms with E-state index in [2.05, 4.69) is 62.0 Å². The minimum Gasteiger partial charge on any atom is -0.342 e. The number of hydrogen-bond donors (Lipinski definition) is 1. The summed E-state index contributed by atoms with van der Waals surface area (Å²) in [4.78, 5) is 22.9. The van der Waals surface area contributed by atoms with Gasteiger partial charge in [0, 0.05) is 38.8 Å². The molecule has 0 fully saturated rings. The Morgan fingerprint density at radius 2 is 1.77 bits per heavy atom. The van der Waals surface area contributed by atoms with E-state index in [0.29, 0.717) is 6.54 Å². The van der Waals surface area contributed by atoms with Crippen molar-refractivity contribution >= 4 is 51.3 Å². The van der Waals surface area contributed by atoms with E-state index in [1.165, 1.54) is 27.3 Å². The van der Waals surface area contributed by atoms with Crippen molar-refractivity contribution in [3.8, 4) is 0 Å². The third-order valence-corrected chi connectivity index (χ3v) is 5.52. The van der Waals surface area contributed by atoms with E-state index in [1.807, 2.05) is 30.5 Å². The number of carbonyl (C=O) groups is 1. The number of nitro benzene ring substituents is 1. The zero-order valence-electron chi connectivity index (χ0n) is 16.2. The van der Waals surface area contributed by atoms with Crippen molar-refractivity contribution in [3.63, 3.8) is 0 Å². The fourth-order valence-corrected chi connectivity index (χ4v) is 3.70. The molecular formula is C23H17IN4O3. The number of nitro groups is 1. The number of nitrogens with one attached hydrogen (secondary N) is 1. The van der Waals surface area contributed by atoms with Gasteiger partial charge >= 0.3 is 0 Å². The highest BCUT2D eigenvalue weighted by molar-refractivity contribution is 14.1. The highest BCUT2D eigenvalue weighted by Gasteiger charge is 2.18. The van der Waals surface area contributed by atoms with Gasteiger partial charge in [0.25, 0.3) is 11.6 Å². The zero-order valence-corrected chi connectivity index (χ0v) is 18.4. The van der Waals surface area contributed by atoms with Crippen LogP contribution in [0.2, 0.25) is 0 Å². The second-order valence-electron chi connectivity index (χ2n) is 6.83. The minimum atomic E-state index is -0.633. The van der Waals surface area contributed by atoms with Crippen molar-refractivity contribution in [1.29, 1.82) is 0 Å². The third-order valence-electron chi connectivity index (χ3n) is 4.80. The molecule has 1 aromatic heterocycles. The van der Waals surface area contributed by atoms with E-state index >= 15 is 0 Å². The second kappa shape index (κ2) is 9.09. The zero-order chi connectivity index (χ0) is 21.8. The number of benzene rings is 3. The number of rotatable bonds is 6. The Morgan fingerprint density at radius 1 is 1.06 bits per heavy atom. The standard InChI is InChI=1S/C23H17IN4O3/c24-18-11-9-16(10-12-18)14-27-15-17(19-5-1-3-7-21(19)27)13-25-26-23(29)20-6-2-4-8-22(20)28(30)31/h1-13,15H,14H2,(H,26,29)/b25-13-. The van der Waals surface area contributed by atoms with Gasteiger partial charge in [-0.05, 0) is 52.4 Å². The highest BCUT2D eigenvalue weighted by atomic mass is 127. The molecular weight excluding hydrogens is 507 g/mol. The van der Waals surface area contributed by atoms with Crippen LogP contribution in [0.5, 0.6) is 0 Å². The monoisotopic (exact) mass is 524 g/mol. The quantitative estimate of drug-likeness (QED) is 0.167. The van der Waals surface area contributed by atoms with Crippen molar-refractivity contribution < 1.29 is 9.72 Å². The molecule has 0 bridgehead atoms. The number of nitrogens with zero attached hydrogens (tertiary/aromatic N) is 3. The van der Waals surface area contributed by atoms with E-state index in [-0.39, 0.29) is 11.3 Å². The first kappa shape index (κ1) is 20.7. The van der Waals surface area contributed by atoms with Crippen LogP contribution in [0, 0.1) is 13.7 Å². The van der Waals surface area contributed by atoms with Gasteiger partial charge < -0.3 is 4.57 Å². The van der Waals surface area contributed by atoms with Gasteiger partial charge in [-0.15, -0.1) is 0 Å². The van der Waals surface area contributed by atoms with Crippen molar-refractivity contribution in [2.75, 3.05) is 0 Å². The lowest BCUT2D eigenvalue weighted by molar-refractivity contribution is -0.385. The van der Waals surface area contributed by atoms with E-state index in [1.54, 1.807) is 12.3 Å². The molecule has 1 heterocycles. The van der Waals surface area contributed by atoms with Crippen LogP contribution in [-0.2, 0) is 6.54 Å². The fourth-order valence-electron chi connectivity index (χ4n) is 3.34. The Bertz CT molecular complexity index is 1300. The summed E-state index contributed by atoms with van der Waals surface area (Å²) in [6.45, 7) is 0.702. The van der Waals surface area contributed by atoms with Crippen LogP contribution in [0.25, 0.3) is 10.9 Å². The molecule has 7 nitrogen and oxygen atoms in total. The molecule has 31 heavy (non-hydrogen) atoms. The molecule has 0 aliphatic heterocycles. The van der Waals surface area contributed by atoms with E-state index in [9.17, 15) is 14.9 Å². The van der Waals surface area contributed by atoms with Crippen LogP contribution in [0.15, 0.2) is 84.1 Å². The average molecular weight is 524 g/mol.